The molecular weight excluding hydrogens is 193 g/mol. The Balaban J connectivity index is 2.11. The lowest BCUT2D eigenvalue weighted by atomic mass is 9.78. The van der Waals surface area contributed by atoms with Crippen molar-refractivity contribution in [2.24, 2.45) is 0 Å². The number of halogens is 1. The van der Waals surface area contributed by atoms with Crippen molar-refractivity contribution in [3.05, 3.63) is 35.6 Å². The van der Waals surface area contributed by atoms with Gasteiger partial charge in [0.1, 0.15) is 5.82 Å². The first-order chi connectivity index (χ1) is 7.11. The fourth-order valence-corrected chi connectivity index (χ4v) is 1.82. The molecule has 1 amide bonds. The largest absolute Gasteiger partial charge is 0.347 e. The van der Waals surface area contributed by atoms with Gasteiger partial charge < -0.3 is 5.32 Å². The highest BCUT2D eigenvalue weighted by molar-refractivity contribution is 5.94. The van der Waals surface area contributed by atoms with Gasteiger partial charge in [0.2, 0.25) is 0 Å². The second-order valence-corrected chi connectivity index (χ2v) is 4.35. The summed E-state index contributed by atoms with van der Waals surface area (Å²) < 4.78 is 13.3. The minimum atomic E-state index is -0.460. The zero-order valence-electron chi connectivity index (χ0n) is 8.72. The van der Waals surface area contributed by atoms with Crippen molar-refractivity contribution in [2.45, 2.75) is 31.7 Å². The van der Waals surface area contributed by atoms with Crippen molar-refractivity contribution >= 4 is 5.91 Å². The van der Waals surface area contributed by atoms with Crippen LogP contribution in [0.5, 0.6) is 0 Å². The average molecular weight is 207 g/mol. The summed E-state index contributed by atoms with van der Waals surface area (Å²) in [6.45, 7) is 2.00. The van der Waals surface area contributed by atoms with E-state index in [2.05, 4.69) is 5.32 Å². The second kappa shape index (κ2) is 3.65. The Hall–Kier alpha value is -1.38. The number of benzene rings is 1. The smallest absolute Gasteiger partial charge is 0.254 e. The molecule has 0 saturated heterocycles. The molecule has 1 aliphatic carbocycles. The number of rotatable bonds is 2. The van der Waals surface area contributed by atoms with Crippen molar-refractivity contribution in [3.8, 4) is 0 Å². The maximum absolute atomic E-state index is 13.3. The zero-order chi connectivity index (χ0) is 10.9. The molecule has 3 heteroatoms. The molecule has 1 aromatic rings. The molecule has 0 heterocycles. The SMILES string of the molecule is CC1(NC(=O)c2ccccc2F)CCC1. The van der Waals surface area contributed by atoms with E-state index in [1.807, 2.05) is 6.92 Å². The highest BCUT2D eigenvalue weighted by Crippen LogP contribution is 2.31. The molecule has 1 fully saturated rings. The summed E-state index contributed by atoms with van der Waals surface area (Å²) >= 11 is 0. The number of carbonyl (C=O) groups excluding carboxylic acids is 1. The summed E-state index contributed by atoms with van der Waals surface area (Å²) in [5.74, 6) is -0.770. The topological polar surface area (TPSA) is 29.1 Å². The molecule has 15 heavy (non-hydrogen) atoms. The third kappa shape index (κ3) is 2.01. The summed E-state index contributed by atoms with van der Waals surface area (Å²) in [4.78, 5) is 11.7. The van der Waals surface area contributed by atoms with E-state index < -0.39 is 5.82 Å². The van der Waals surface area contributed by atoms with Gasteiger partial charge >= 0.3 is 0 Å². The first-order valence-corrected chi connectivity index (χ1v) is 5.18. The Labute approximate surface area is 88.5 Å². The normalized spacial score (nSPS) is 18.0. The minimum Gasteiger partial charge on any atom is -0.347 e. The number of carbonyl (C=O) groups is 1. The van der Waals surface area contributed by atoms with E-state index in [0.717, 1.165) is 19.3 Å². The van der Waals surface area contributed by atoms with Crippen molar-refractivity contribution in [1.82, 2.24) is 5.32 Å². The molecule has 0 spiro atoms. The van der Waals surface area contributed by atoms with Crippen LogP contribution in [0.3, 0.4) is 0 Å². The number of hydrogen-bond acceptors (Lipinski definition) is 1. The van der Waals surface area contributed by atoms with Gasteiger partial charge in [-0.1, -0.05) is 12.1 Å². The van der Waals surface area contributed by atoms with Crippen molar-refractivity contribution in [3.63, 3.8) is 0 Å². The first kappa shape index (κ1) is 10.1. The maximum atomic E-state index is 13.3. The quantitative estimate of drug-likeness (QED) is 0.793. The van der Waals surface area contributed by atoms with E-state index >= 15 is 0 Å². The summed E-state index contributed by atoms with van der Waals surface area (Å²) in [6.07, 6.45) is 3.09. The zero-order valence-corrected chi connectivity index (χ0v) is 8.72. The Kier molecular flexibility index (Phi) is 2.47. The molecule has 80 valence electrons. The van der Waals surface area contributed by atoms with E-state index in [9.17, 15) is 9.18 Å². The van der Waals surface area contributed by atoms with Crippen LogP contribution < -0.4 is 5.32 Å². The highest BCUT2D eigenvalue weighted by atomic mass is 19.1. The van der Waals surface area contributed by atoms with Crippen LogP contribution in [0.4, 0.5) is 4.39 Å². The predicted octanol–water partition coefficient (Wildman–Crippen LogP) is 2.50. The van der Waals surface area contributed by atoms with Crippen LogP contribution in [0, 0.1) is 5.82 Å². The van der Waals surface area contributed by atoms with Gasteiger partial charge in [-0.05, 0) is 38.3 Å². The fraction of sp³-hybridized carbons (Fsp3) is 0.417. The van der Waals surface area contributed by atoms with Gasteiger partial charge in [-0.15, -0.1) is 0 Å². The Morgan fingerprint density at radius 2 is 2.07 bits per heavy atom. The molecule has 0 aliphatic heterocycles. The second-order valence-electron chi connectivity index (χ2n) is 4.35. The van der Waals surface area contributed by atoms with E-state index in [1.165, 1.54) is 12.1 Å². The summed E-state index contributed by atoms with van der Waals surface area (Å²) in [5.41, 5.74) is 0.00458. The Morgan fingerprint density at radius 3 is 2.60 bits per heavy atom. The van der Waals surface area contributed by atoms with E-state index in [-0.39, 0.29) is 17.0 Å². The van der Waals surface area contributed by atoms with Crippen LogP contribution in [-0.2, 0) is 0 Å². The van der Waals surface area contributed by atoms with Gasteiger partial charge in [0.25, 0.3) is 5.91 Å². The molecule has 0 aromatic heterocycles. The molecule has 0 atom stereocenters. The van der Waals surface area contributed by atoms with E-state index in [0.29, 0.717) is 0 Å². The molecule has 1 aliphatic rings. The molecule has 1 N–H and O–H groups in total. The predicted molar refractivity (Wildman–Crippen MR) is 56.1 cm³/mol. The Morgan fingerprint density at radius 1 is 1.40 bits per heavy atom. The molecule has 1 aromatic carbocycles. The third-order valence-corrected chi connectivity index (χ3v) is 2.99. The van der Waals surface area contributed by atoms with Crippen LogP contribution >= 0.6 is 0 Å². The lowest BCUT2D eigenvalue weighted by molar-refractivity contribution is 0.0846. The van der Waals surface area contributed by atoms with Crippen LogP contribution in [0.25, 0.3) is 0 Å². The third-order valence-electron chi connectivity index (χ3n) is 2.99. The summed E-state index contributed by atoms with van der Waals surface area (Å²) in [5, 5.41) is 2.87. The molecule has 0 radical (unpaired) electrons. The molecule has 0 bridgehead atoms. The van der Waals surface area contributed by atoms with Crippen molar-refractivity contribution in [1.29, 1.82) is 0 Å². The van der Waals surface area contributed by atoms with Crippen LogP contribution in [0.15, 0.2) is 24.3 Å². The van der Waals surface area contributed by atoms with Crippen molar-refractivity contribution < 1.29 is 9.18 Å². The fourth-order valence-electron chi connectivity index (χ4n) is 1.82. The maximum Gasteiger partial charge on any atom is 0.254 e. The lowest BCUT2D eigenvalue weighted by Crippen LogP contribution is -2.51. The van der Waals surface area contributed by atoms with Crippen LogP contribution in [-0.4, -0.2) is 11.4 Å². The van der Waals surface area contributed by atoms with E-state index in [1.54, 1.807) is 12.1 Å². The van der Waals surface area contributed by atoms with E-state index in [4.69, 9.17) is 0 Å². The Bertz CT molecular complexity index is 385. The van der Waals surface area contributed by atoms with Gasteiger partial charge in [-0.2, -0.15) is 0 Å². The molecular formula is C12H14FNO. The monoisotopic (exact) mass is 207 g/mol. The highest BCUT2D eigenvalue weighted by Gasteiger charge is 2.33. The average Bonchev–Trinajstić information content (AvgIpc) is 2.16. The van der Waals surface area contributed by atoms with Crippen LogP contribution in [0.2, 0.25) is 0 Å². The van der Waals surface area contributed by atoms with Gasteiger partial charge in [0.05, 0.1) is 5.56 Å². The van der Waals surface area contributed by atoms with Crippen molar-refractivity contribution in [2.75, 3.05) is 0 Å². The molecule has 1 saturated carbocycles. The van der Waals surface area contributed by atoms with Gasteiger partial charge in [-0.25, -0.2) is 4.39 Å². The van der Waals surface area contributed by atoms with Gasteiger partial charge in [-0.3, -0.25) is 4.79 Å². The van der Waals surface area contributed by atoms with Crippen LogP contribution in [0.1, 0.15) is 36.5 Å². The molecule has 2 rings (SSSR count). The molecule has 2 nitrogen and oxygen atoms in total. The minimum absolute atomic E-state index is 0.126. The standard InChI is InChI=1S/C12H14FNO/c1-12(7-4-8-12)14-11(15)9-5-2-3-6-10(9)13/h2-3,5-6H,4,7-8H2,1H3,(H,14,15). The van der Waals surface area contributed by atoms with Gasteiger partial charge in [0, 0.05) is 5.54 Å². The number of amides is 1. The van der Waals surface area contributed by atoms with Gasteiger partial charge in [0.15, 0.2) is 0 Å². The lowest BCUT2D eigenvalue weighted by Gasteiger charge is -2.39. The number of hydrogen-bond donors (Lipinski definition) is 1. The summed E-state index contributed by atoms with van der Waals surface area (Å²) in [7, 11) is 0. The number of nitrogens with one attached hydrogen (secondary N) is 1. The summed E-state index contributed by atoms with van der Waals surface area (Å²) in [6, 6.07) is 6.06. The first-order valence-electron chi connectivity index (χ1n) is 5.18. The molecule has 0 unspecified atom stereocenters.